The third-order valence-corrected chi connectivity index (χ3v) is 5.42. The highest BCUT2D eigenvalue weighted by Crippen LogP contribution is 2.40. The molecule has 1 aliphatic carbocycles. The lowest BCUT2D eigenvalue weighted by Crippen LogP contribution is -2.20. The molecule has 1 heteroatoms. The Morgan fingerprint density at radius 3 is 2.69 bits per heavy atom. The lowest BCUT2D eigenvalue weighted by molar-refractivity contribution is 0.534. The summed E-state index contributed by atoms with van der Waals surface area (Å²) >= 11 is 0. The second-order valence-corrected chi connectivity index (χ2v) is 7.28. The van der Waals surface area contributed by atoms with Gasteiger partial charge in [-0.05, 0) is 92.3 Å². The maximum Gasteiger partial charge on any atom is -0.00741 e. The lowest BCUT2D eigenvalue weighted by Gasteiger charge is -2.32. The molecule has 26 heavy (non-hydrogen) atoms. The van der Waals surface area contributed by atoms with E-state index in [1.165, 1.54) is 39.0 Å². The molecule has 0 aliphatic heterocycles. The molecule has 0 radical (unpaired) electrons. The van der Waals surface area contributed by atoms with Crippen molar-refractivity contribution in [2.75, 3.05) is 6.54 Å². The number of hydrogen-bond acceptors (Lipinski definition) is 1. The van der Waals surface area contributed by atoms with Gasteiger partial charge in [-0.15, -0.1) is 0 Å². The Labute approximate surface area is 159 Å². The van der Waals surface area contributed by atoms with E-state index in [1.807, 2.05) is 6.08 Å². The summed E-state index contributed by atoms with van der Waals surface area (Å²) in [6.07, 6.45) is 10.6. The van der Waals surface area contributed by atoms with Gasteiger partial charge in [-0.3, -0.25) is 0 Å². The summed E-state index contributed by atoms with van der Waals surface area (Å²) in [6.45, 7) is 15.3. The minimum absolute atomic E-state index is 0.636. The molecule has 0 spiro atoms. The second-order valence-electron chi connectivity index (χ2n) is 7.28. The van der Waals surface area contributed by atoms with Crippen molar-refractivity contribution in [2.45, 2.75) is 46.5 Å². The van der Waals surface area contributed by atoms with Crippen LogP contribution in [0.15, 0.2) is 77.9 Å². The molecule has 2 rings (SSSR count). The zero-order valence-corrected chi connectivity index (χ0v) is 16.6. The van der Waals surface area contributed by atoms with Crippen molar-refractivity contribution in [3.8, 4) is 0 Å². The van der Waals surface area contributed by atoms with Crippen LogP contribution in [0.2, 0.25) is 0 Å². The van der Waals surface area contributed by atoms with E-state index in [1.54, 1.807) is 0 Å². The van der Waals surface area contributed by atoms with Crippen LogP contribution in [-0.4, -0.2) is 6.54 Å². The number of hydrogen-bond donors (Lipinski definition) is 1. The van der Waals surface area contributed by atoms with E-state index in [4.69, 9.17) is 5.73 Å². The minimum Gasteiger partial charge on any atom is -0.330 e. The monoisotopic (exact) mass is 347 g/mol. The average molecular weight is 348 g/mol. The van der Waals surface area contributed by atoms with E-state index < -0.39 is 0 Å². The van der Waals surface area contributed by atoms with E-state index in [0.29, 0.717) is 5.92 Å². The SMILES string of the molecule is C=C/C(=C\C(C)=C(/C)c1cccc(CC2CC(=C)/C2=C/C)c1)CCCN. The molecule has 0 saturated heterocycles. The average Bonchev–Trinajstić information content (AvgIpc) is 2.64. The van der Waals surface area contributed by atoms with Gasteiger partial charge in [0.2, 0.25) is 0 Å². The van der Waals surface area contributed by atoms with Crippen LogP contribution in [-0.2, 0) is 6.42 Å². The van der Waals surface area contributed by atoms with Crippen molar-refractivity contribution >= 4 is 5.57 Å². The van der Waals surface area contributed by atoms with Crippen molar-refractivity contribution in [3.63, 3.8) is 0 Å². The van der Waals surface area contributed by atoms with Gasteiger partial charge in [-0.2, -0.15) is 0 Å². The topological polar surface area (TPSA) is 26.0 Å². The predicted octanol–water partition coefficient (Wildman–Crippen LogP) is 6.40. The summed E-state index contributed by atoms with van der Waals surface area (Å²) in [5.74, 6) is 0.636. The largest absolute Gasteiger partial charge is 0.330 e. The van der Waals surface area contributed by atoms with Gasteiger partial charge in [0.15, 0.2) is 0 Å². The van der Waals surface area contributed by atoms with E-state index in [-0.39, 0.29) is 0 Å². The quantitative estimate of drug-likeness (QED) is 0.541. The fourth-order valence-electron chi connectivity index (χ4n) is 3.67. The first kappa shape index (κ1) is 20.2. The van der Waals surface area contributed by atoms with Crippen LogP contribution in [0, 0.1) is 5.92 Å². The van der Waals surface area contributed by atoms with Crippen molar-refractivity contribution in [3.05, 3.63) is 89.1 Å². The summed E-state index contributed by atoms with van der Waals surface area (Å²) in [5, 5.41) is 0. The highest BCUT2D eigenvalue weighted by atomic mass is 14.5. The fourth-order valence-corrected chi connectivity index (χ4v) is 3.67. The van der Waals surface area contributed by atoms with Gasteiger partial charge >= 0.3 is 0 Å². The smallest absolute Gasteiger partial charge is 0.00741 e. The van der Waals surface area contributed by atoms with Gasteiger partial charge in [-0.25, -0.2) is 0 Å². The fraction of sp³-hybridized carbons (Fsp3) is 0.360. The summed E-state index contributed by atoms with van der Waals surface area (Å²) in [4.78, 5) is 0. The van der Waals surface area contributed by atoms with Crippen molar-refractivity contribution < 1.29 is 0 Å². The Hall–Kier alpha value is -2.12. The molecule has 0 aromatic heterocycles. The Kier molecular flexibility index (Phi) is 7.41. The molecule has 1 saturated carbocycles. The molecule has 0 bridgehead atoms. The third-order valence-electron chi connectivity index (χ3n) is 5.42. The van der Waals surface area contributed by atoms with E-state index in [0.717, 1.165) is 32.2 Å². The molecule has 0 heterocycles. The second kappa shape index (κ2) is 9.54. The van der Waals surface area contributed by atoms with Crippen molar-refractivity contribution in [2.24, 2.45) is 11.7 Å². The van der Waals surface area contributed by atoms with E-state index in [9.17, 15) is 0 Å². The molecular formula is C25H33N. The van der Waals surface area contributed by atoms with E-state index in [2.05, 4.69) is 70.3 Å². The molecule has 1 aromatic carbocycles. The first-order chi connectivity index (χ1) is 12.5. The maximum absolute atomic E-state index is 5.63. The first-order valence-corrected chi connectivity index (χ1v) is 9.64. The normalized spacial score (nSPS) is 20.0. The highest BCUT2D eigenvalue weighted by molar-refractivity contribution is 5.69. The van der Waals surface area contributed by atoms with Gasteiger partial charge in [0.05, 0.1) is 0 Å². The number of benzene rings is 1. The van der Waals surface area contributed by atoms with E-state index >= 15 is 0 Å². The van der Waals surface area contributed by atoms with Crippen LogP contribution < -0.4 is 5.73 Å². The van der Waals surface area contributed by atoms with Crippen LogP contribution in [0.4, 0.5) is 0 Å². The van der Waals surface area contributed by atoms with Gasteiger partial charge < -0.3 is 5.73 Å². The van der Waals surface area contributed by atoms with Crippen LogP contribution in [0.1, 0.15) is 51.2 Å². The Morgan fingerprint density at radius 1 is 1.31 bits per heavy atom. The number of nitrogens with two attached hydrogens (primary N) is 1. The Balaban J connectivity index is 2.18. The zero-order chi connectivity index (χ0) is 19.1. The molecular weight excluding hydrogens is 314 g/mol. The number of rotatable bonds is 8. The lowest BCUT2D eigenvalue weighted by atomic mass is 9.72. The molecule has 2 N–H and O–H groups in total. The van der Waals surface area contributed by atoms with Crippen LogP contribution in [0.5, 0.6) is 0 Å². The maximum atomic E-state index is 5.63. The molecule has 1 nitrogen and oxygen atoms in total. The zero-order valence-electron chi connectivity index (χ0n) is 16.6. The minimum atomic E-state index is 0.636. The molecule has 1 unspecified atom stereocenters. The van der Waals surface area contributed by atoms with Crippen molar-refractivity contribution in [1.82, 2.24) is 0 Å². The highest BCUT2D eigenvalue weighted by Gasteiger charge is 2.27. The Morgan fingerprint density at radius 2 is 2.08 bits per heavy atom. The van der Waals surface area contributed by atoms with Gasteiger partial charge in [0, 0.05) is 0 Å². The molecule has 1 fully saturated rings. The third kappa shape index (κ3) is 4.95. The van der Waals surface area contributed by atoms with Crippen molar-refractivity contribution in [1.29, 1.82) is 0 Å². The first-order valence-electron chi connectivity index (χ1n) is 9.64. The molecule has 1 atom stereocenters. The molecule has 0 amide bonds. The summed E-state index contributed by atoms with van der Waals surface area (Å²) < 4.78 is 0. The Bertz CT molecular complexity index is 758. The predicted molar refractivity (Wildman–Crippen MR) is 116 cm³/mol. The molecule has 1 aromatic rings. The van der Waals surface area contributed by atoms with Gasteiger partial charge in [-0.1, -0.05) is 61.2 Å². The van der Waals surface area contributed by atoms with Gasteiger partial charge in [0.25, 0.3) is 0 Å². The standard InChI is InChI=1S/C25H33N/c1-6-21(11-9-13-26)14-18(3)20(5)23-12-8-10-22(16-23)17-24-15-19(4)25(24)7-2/h6-8,10,12,14,16,24H,1,4,9,11,13,15,17,26H2,2-3,5H3/b20-18+,21-14+,25-7-. The molecule has 138 valence electrons. The van der Waals surface area contributed by atoms with Crippen LogP contribution >= 0.6 is 0 Å². The summed E-state index contributed by atoms with van der Waals surface area (Å²) in [6, 6.07) is 8.97. The van der Waals surface area contributed by atoms with Crippen LogP contribution in [0.25, 0.3) is 5.57 Å². The number of allylic oxidation sites excluding steroid dienone is 8. The van der Waals surface area contributed by atoms with Gasteiger partial charge in [0.1, 0.15) is 0 Å². The van der Waals surface area contributed by atoms with Crippen LogP contribution in [0.3, 0.4) is 0 Å². The summed E-state index contributed by atoms with van der Waals surface area (Å²) in [5.41, 5.74) is 15.0. The summed E-state index contributed by atoms with van der Waals surface area (Å²) in [7, 11) is 0. The molecule has 1 aliphatic rings.